The summed E-state index contributed by atoms with van der Waals surface area (Å²) in [6.07, 6.45) is 1.83. The zero-order chi connectivity index (χ0) is 17.5. The minimum Gasteiger partial charge on any atom is -0.481 e. The molecule has 0 radical (unpaired) electrons. The number of nitrogens with one attached hydrogen (secondary N) is 2. The lowest BCUT2D eigenvalue weighted by molar-refractivity contribution is -0.136. The standard InChI is InChI=1S/C16H19N5O3/c1-21(2)14-9-13(17-10-18-14)20-16(24)19-12-5-3-4-11(8-12)6-7-15(22)23/h3-5,8-10H,6-7H2,1-2H3,(H,22,23)(H2,17,18,19,20,24). The van der Waals surface area contributed by atoms with Gasteiger partial charge in [0.25, 0.3) is 0 Å². The lowest BCUT2D eigenvalue weighted by Crippen LogP contribution is -2.21. The van der Waals surface area contributed by atoms with Crippen LogP contribution in [0.5, 0.6) is 0 Å². The molecule has 1 aromatic heterocycles. The molecule has 0 bridgehead atoms. The molecule has 24 heavy (non-hydrogen) atoms. The van der Waals surface area contributed by atoms with Gasteiger partial charge in [0.05, 0.1) is 0 Å². The average Bonchev–Trinajstić information content (AvgIpc) is 2.53. The second-order valence-electron chi connectivity index (χ2n) is 5.33. The van der Waals surface area contributed by atoms with E-state index in [0.717, 1.165) is 5.56 Å². The highest BCUT2D eigenvalue weighted by atomic mass is 16.4. The Morgan fingerprint density at radius 1 is 1.17 bits per heavy atom. The molecule has 2 rings (SSSR count). The number of benzene rings is 1. The number of aryl methyl sites for hydroxylation is 1. The Hall–Kier alpha value is -3.16. The van der Waals surface area contributed by atoms with Crippen LogP contribution in [-0.4, -0.2) is 41.2 Å². The Morgan fingerprint density at radius 2 is 1.96 bits per heavy atom. The van der Waals surface area contributed by atoms with E-state index in [0.29, 0.717) is 23.7 Å². The van der Waals surface area contributed by atoms with Crippen molar-refractivity contribution in [3.63, 3.8) is 0 Å². The van der Waals surface area contributed by atoms with Crippen LogP contribution in [-0.2, 0) is 11.2 Å². The highest BCUT2D eigenvalue weighted by molar-refractivity contribution is 5.99. The summed E-state index contributed by atoms with van der Waals surface area (Å²) in [5.74, 6) is 0.204. The van der Waals surface area contributed by atoms with Gasteiger partial charge in [-0.3, -0.25) is 10.1 Å². The molecular weight excluding hydrogens is 310 g/mol. The van der Waals surface area contributed by atoms with Crippen LogP contribution < -0.4 is 15.5 Å². The predicted octanol–water partition coefficient (Wildman–Crippen LogP) is 2.20. The van der Waals surface area contributed by atoms with Crippen molar-refractivity contribution < 1.29 is 14.7 Å². The van der Waals surface area contributed by atoms with E-state index in [1.807, 2.05) is 20.2 Å². The molecule has 0 aliphatic carbocycles. The Labute approximate surface area is 139 Å². The molecular formula is C16H19N5O3. The number of rotatable bonds is 6. The molecule has 2 amide bonds. The van der Waals surface area contributed by atoms with Crippen molar-refractivity contribution >= 4 is 29.3 Å². The fraction of sp³-hybridized carbons (Fsp3) is 0.250. The molecule has 0 aliphatic heterocycles. The van der Waals surface area contributed by atoms with Crippen LogP contribution in [0.25, 0.3) is 0 Å². The monoisotopic (exact) mass is 329 g/mol. The molecule has 0 aliphatic rings. The molecule has 126 valence electrons. The first-order chi connectivity index (χ1) is 11.4. The number of hydrogen-bond donors (Lipinski definition) is 3. The number of urea groups is 1. The minimum absolute atomic E-state index is 0.0455. The third-order valence-corrected chi connectivity index (χ3v) is 3.16. The molecule has 0 atom stereocenters. The number of aromatic nitrogens is 2. The van der Waals surface area contributed by atoms with Crippen LogP contribution in [0.4, 0.5) is 22.1 Å². The van der Waals surface area contributed by atoms with Crippen molar-refractivity contribution in [1.82, 2.24) is 9.97 Å². The quantitative estimate of drug-likeness (QED) is 0.750. The highest BCUT2D eigenvalue weighted by Crippen LogP contribution is 2.14. The third kappa shape index (κ3) is 5.24. The van der Waals surface area contributed by atoms with Gasteiger partial charge >= 0.3 is 12.0 Å². The summed E-state index contributed by atoms with van der Waals surface area (Å²) in [4.78, 5) is 32.5. The maximum absolute atomic E-state index is 12.1. The second-order valence-corrected chi connectivity index (χ2v) is 5.33. The van der Waals surface area contributed by atoms with E-state index >= 15 is 0 Å². The van der Waals surface area contributed by atoms with Gasteiger partial charge in [0.2, 0.25) is 0 Å². The van der Waals surface area contributed by atoms with Crippen molar-refractivity contribution in [3.05, 3.63) is 42.2 Å². The van der Waals surface area contributed by atoms with Gasteiger partial charge in [-0.05, 0) is 24.1 Å². The average molecular weight is 329 g/mol. The summed E-state index contributed by atoms with van der Waals surface area (Å²) in [6.45, 7) is 0. The summed E-state index contributed by atoms with van der Waals surface area (Å²) >= 11 is 0. The summed E-state index contributed by atoms with van der Waals surface area (Å²) < 4.78 is 0. The van der Waals surface area contributed by atoms with Crippen LogP contribution in [0.1, 0.15) is 12.0 Å². The van der Waals surface area contributed by atoms with E-state index in [1.165, 1.54) is 6.33 Å². The van der Waals surface area contributed by atoms with Crippen LogP contribution in [0.15, 0.2) is 36.7 Å². The molecule has 1 heterocycles. The minimum atomic E-state index is -0.855. The summed E-state index contributed by atoms with van der Waals surface area (Å²) in [7, 11) is 3.68. The molecule has 0 unspecified atom stereocenters. The Morgan fingerprint density at radius 3 is 2.67 bits per heavy atom. The number of anilines is 3. The Bertz CT molecular complexity index is 733. The molecule has 0 saturated carbocycles. The van der Waals surface area contributed by atoms with Crippen molar-refractivity contribution in [3.8, 4) is 0 Å². The topological polar surface area (TPSA) is 107 Å². The molecule has 1 aromatic carbocycles. The van der Waals surface area contributed by atoms with E-state index in [2.05, 4.69) is 20.6 Å². The molecule has 3 N–H and O–H groups in total. The Balaban J connectivity index is 1.98. The summed E-state index contributed by atoms with van der Waals surface area (Å²) in [5.41, 5.74) is 1.42. The normalized spacial score (nSPS) is 10.1. The zero-order valence-electron chi connectivity index (χ0n) is 13.5. The molecule has 0 spiro atoms. The van der Waals surface area contributed by atoms with Gasteiger partial charge in [-0.1, -0.05) is 12.1 Å². The molecule has 8 heteroatoms. The van der Waals surface area contributed by atoms with E-state index in [4.69, 9.17) is 5.11 Å². The molecule has 2 aromatic rings. The smallest absolute Gasteiger partial charge is 0.324 e. The van der Waals surface area contributed by atoms with E-state index < -0.39 is 12.0 Å². The lowest BCUT2D eigenvalue weighted by Gasteiger charge is -2.12. The summed E-state index contributed by atoms with van der Waals surface area (Å²) in [6, 6.07) is 8.28. The summed E-state index contributed by atoms with van der Waals surface area (Å²) in [5, 5.41) is 14.0. The maximum Gasteiger partial charge on any atom is 0.324 e. The fourth-order valence-corrected chi connectivity index (χ4v) is 1.99. The number of hydrogen-bond acceptors (Lipinski definition) is 5. The molecule has 0 fully saturated rings. The van der Waals surface area contributed by atoms with Crippen molar-refractivity contribution in [2.75, 3.05) is 29.6 Å². The van der Waals surface area contributed by atoms with Gasteiger partial charge in [0.1, 0.15) is 18.0 Å². The van der Waals surface area contributed by atoms with Crippen LogP contribution >= 0.6 is 0 Å². The van der Waals surface area contributed by atoms with Crippen LogP contribution in [0.3, 0.4) is 0 Å². The number of carboxylic acid groups (broad SMARTS) is 1. The number of carbonyl (C=O) groups excluding carboxylic acids is 1. The zero-order valence-corrected chi connectivity index (χ0v) is 13.5. The number of carbonyl (C=O) groups is 2. The van der Waals surface area contributed by atoms with Crippen molar-refractivity contribution in [1.29, 1.82) is 0 Å². The van der Waals surface area contributed by atoms with Gasteiger partial charge in [-0.15, -0.1) is 0 Å². The second kappa shape index (κ2) is 7.91. The van der Waals surface area contributed by atoms with E-state index in [1.54, 1.807) is 29.2 Å². The maximum atomic E-state index is 12.1. The Kier molecular flexibility index (Phi) is 5.67. The first-order valence-corrected chi connectivity index (χ1v) is 7.32. The molecule has 8 nitrogen and oxygen atoms in total. The van der Waals surface area contributed by atoms with Crippen LogP contribution in [0.2, 0.25) is 0 Å². The van der Waals surface area contributed by atoms with Gasteiger partial charge in [-0.2, -0.15) is 0 Å². The van der Waals surface area contributed by atoms with Crippen molar-refractivity contribution in [2.24, 2.45) is 0 Å². The third-order valence-electron chi connectivity index (χ3n) is 3.16. The number of nitrogens with zero attached hydrogens (tertiary/aromatic N) is 3. The van der Waals surface area contributed by atoms with Crippen LogP contribution in [0, 0.1) is 0 Å². The van der Waals surface area contributed by atoms with Gasteiger partial charge < -0.3 is 15.3 Å². The SMILES string of the molecule is CN(C)c1cc(NC(=O)Nc2cccc(CCC(=O)O)c2)ncn1. The predicted molar refractivity (Wildman–Crippen MR) is 91.4 cm³/mol. The van der Waals surface area contributed by atoms with Gasteiger partial charge in [0.15, 0.2) is 0 Å². The number of amides is 2. The lowest BCUT2D eigenvalue weighted by atomic mass is 10.1. The van der Waals surface area contributed by atoms with Crippen molar-refractivity contribution in [2.45, 2.75) is 12.8 Å². The first kappa shape index (κ1) is 17.2. The van der Waals surface area contributed by atoms with Gasteiger partial charge in [0, 0.05) is 32.3 Å². The molecule has 0 saturated heterocycles. The number of aliphatic carboxylic acids is 1. The fourth-order valence-electron chi connectivity index (χ4n) is 1.99. The highest BCUT2D eigenvalue weighted by Gasteiger charge is 2.07. The number of carboxylic acids is 1. The largest absolute Gasteiger partial charge is 0.481 e. The van der Waals surface area contributed by atoms with Gasteiger partial charge in [-0.25, -0.2) is 14.8 Å². The first-order valence-electron chi connectivity index (χ1n) is 7.32. The van der Waals surface area contributed by atoms with E-state index in [9.17, 15) is 9.59 Å². The van der Waals surface area contributed by atoms with E-state index in [-0.39, 0.29) is 6.42 Å².